The van der Waals surface area contributed by atoms with Crippen molar-refractivity contribution in [2.75, 3.05) is 18.8 Å². The molecule has 2 aromatic rings. The molecule has 1 aromatic carbocycles. The molecule has 1 aliphatic rings. The molecule has 0 amide bonds. The van der Waals surface area contributed by atoms with E-state index in [1.807, 2.05) is 30.3 Å². The average Bonchev–Trinajstić information content (AvgIpc) is 3.17. The van der Waals surface area contributed by atoms with E-state index in [9.17, 15) is 8.42 Å². The largest absolute Gasteiger partial charge is 0.214 e. The van der Waals surface area contributed by atoms with Crippen LogP contribution < -0.4 is 0 Å². The summed E-state index contributed by atoms with van der Waals surface area (Å²) in [5, 5.41) is 4.19. The Bertz CT molecular complexity index is 666. The second kappa shape index (κ2) is 6.30. The Morgan fingerprint density at radius 3 is 2.71 bits per heavy atom. The Kier molecular flexibility index (Phi) is 4.42. The number of sulfonamides is 1. The van der Waals surface area contributed by atoms with Gasteiger partial charge in [0.05, 0.1) is 5.75 Å². The van der Waals surface area contributed by atoms with Crippen LogP contribution in [-0.2, 0) is 16.4 Å². The molecule has 1 unspecified atom stereocenters. The fourth-order valence-corrected chi connectivity index (χ4v) is 5.07. The number of hydrogen-bond acceptors (Lipinski definition) is 3. The van der Waals surface area contributed by atoms with E-state index in [1.54, 1.807) is 15.6 Å². The van der Waals surface area contributed by atoms with Crippen LogP contribution in [0, 0.1) is 0 Å². The number of nitrogens with zero attached hydrogens (tertiary/aromatic N) is 1. The van der Waals surface area contributed by atoms with Crippen molar-refractivity contribution in [3.05, 3.63) is 58.3 Å². The molecule has 1 fully saturated rings. The minimum Gasteiger partial charge on any atom is -0.212 e. The van der Waals surface area contributed by atoms with Gasteiger partial charge in [0, 0.05) is 13.1 Å². The van der Waals surface area contributed by atoms with Crippen molar-refractivity contribution in [3.8, 4) is 0 Å². The lowest BCUT2D eigenvalue weighted by Gasteiger charge is -2.16. The predicted octanol–water partition coefficient (Wildman–Crippen LogP) is 3.11. The minimum atomic E-state index is -3.15. The van der Waals surface area contributed by atoms with Gasteiger partial charge < -0.3 is 0 Å². The van der Waals surface area contributed by atoms with Crippen molar-refractivity contribution in [2.24, 2.45) is 0 Å². The third kappa shape index (κ3) is 3.54. The lowest BCUT2D eigenvalue weighted by molar-refractivity contribution is 0.472. The molecule has 1 aromatic heterocycles. The number of benzene rings is 1. The van der Waals surface area contributed by atoms with Crippen LogP contribution in [0.3, 0.4) is 0 Å². The smallest absolute Gasteiger partial charge is 0.212 e. The van der Waals surface area contributed by atoms with E-state index in [-0.39, 0.29) is 5.75 Å². The molecule has 112 valence electrons. The van der Waals surface area contributed by atoms with Gasteiger partial charge in [-0.2, -0.15) is 11.3 Å². The lowest BCUT2D eigenvalue weighted by atomic mass is 10.0. The second-order valence-electron chi connectivity index (χ2n) is 5.45. The topological polar surface area (TPSA) is 37.4 Å². The van der Waals surface area contributed by atoms with Crippen molar-refractivity contribution >= 4 is 21.4 Å². The third-order valence-corrected chi connectivity index (χ3v) is 6.59. The van der Waals surface area contributed by atoms with Gasteiger partial charge in [-0.3, -0.25) is 0 Å². The van der Waals surface area contributed by atoms with Crippen molar-refractivity contribution in [1.82, 2.24) is 4.31 Å². The molecule has 1 saturated heterocycles. The van der Waals surface area contributed by atoms with Gasteiger partial charge in [-0.1, -0.05) is 30.3 Å². The molecule has 0 aliphatic carbocycles. The van der Waals surface area contributed by atoms with Crippen LogP contribution in [0.2, 0.25) is 0 Å². The minimum absolute atomic E-state index is 0.202. The van der Waals surface area contributed by atoms with Gasteiger partial charge in [-0.15, -0.1) is 0 Å². The lowest BCUT2D eigenvalue weighted by Crippen LogP contribution is -2.31. The summed E-state index contributed by atoms with van der Waals surface area (Å²) in [6.07, 6.45) is 1.52. The van der Waals surface area contributed by atoms with E-state index in [4.69, 9.17) is 0 Å². The monoisotopic (exact) mass is 321 g/mol. The van der Waals surface area contributed by atoms with Crippen LogP contribution in [0.5, 0.6) is 0 Å². The van der Waals surface area contributed by atoms with E-state index in [1.165, 1.54) is 5.56 Å². The molecule has 3 nitrogen and oxygen atoms in total. The highest BCUT2D eigenvalue weighted by atomic mass is 32.2. The summed E-state index contributed by atoms with van der Waals surface area (Å²) in [4.78, 5) is 0. The Morgan fingerprint density at radius 1 is 1.19 bits per heavy atom. The van der Waals surface area contributed by atoms with E-state index < -0.39 is 10.0 Å². The summed E-state index contributed by atoms with van der Waals surface area (Å²) in [5.41, 5.74) is 2.36. The van der Waals surface area contributed by atoms with Gasteiger partial charge in [-0.25, -0.2) is 12.7 Å². The molecule has 0 bridgehead atoms. The molecule has 21 heavy (non-hydrogen) atoms. The fourth-order valence-electron chi connectivity index (χ4n) is 2.78. The maximum absolute atomic E-state index is 12.4. The quantitative estimate of drug-likeness (QED) is 0.848. The zero-order chi connectivity index (χ0) is 14.7. The van der Waals surface area contributed by atoms with Crippen molar-refractivity contribution in [1.29, 1.82) is 0 Å². The van der Waals surface area contributed by atoms with Crippen LogP contribution in [0.4, 0.5) is 0 Å². The zero-order valence-corrected chi connectivity index (χ0v) is 13.4. The first-order valence-electron chi connectivity index (χ1n) is 7.19. The number of rotatable bonds is 5. The molecule has 5 heteroatoms. The fraction of sp³-hybridized carbons (Fsp3) is 0.375. The van der Waals surface area contributed by atoms with Crippen molar-refractivity contribution in [2.45, 2.75) is 18.8 Å². The highest BCUT2D eigenvalue weighted by molar-refractivity contribution is 7.89. The van der Waals surface area contributed by atoms with E-state index in [0.717, 1.165) is 12.0 Å². The van der Waals surface area contributed by atoms with E-state index in [2.05, 4.69) is 16.8 Å². The summed E-state index contributed by atoms with van der Waals surface area (Å²) >= 11 is 1.67. The molecule has 1 aliphatic heterocycles. The highest BCUT2D eigenvalue weighted by Gasteiger charge is 2.31. The Balaban J connectivity index is 1.61. The van der Waals surface area contributed by atoms with E-state index >= 15 is 0 Å². The second-order valence-corrected chi connectivity index (χ2v) is 8.32. The molecule has 0 saturated carbocycles. The first-order chi connectivity index (χ1) is 10.1. The van der Waals surface area contributed by atoms with Crippen molar-refractivity contribution in [3.63, 3.8) is 0 Å². The van der Waals surface area contributed by atoms with Gasteiger partial charge in [0.2, 0.25) is 10.0 Å². The van der Waals surface area contributed by atoms with Crippen molar-refractivity contribution < 1.29 is 8.42 Å². The van der Waals surface area contributed by atoms with Gasteiger partial charge in [-0.05, 0) is 46.7 Å². The molecular formula is C16H19NO2S2. The summed E-state index contributed by atoms with van der Waals surface area (Å²) in [6, 6.07) is 11.9. The molecule has 0 radical (unpaired) electrons. The summed E-state index contributed by atoms with van der Waals surface area (Å²) in [7, 11) is -3.15. The number of hydrogen-bond donors (Lipinski definition) is 0. The van der Waals surface area contributed by atoms with Crippen LogP contribution >= 0.6 is 11.3 Å². The summed E-state index contributed by atoms with van der Waals surface area (Å²) in [5.74, 6) is 0.565. The van der Waals surface area contributed by atoms with E-state index in [0.29, 0.717) is 25.4 Å². The summed E-state index contributed by atoms with van der Waals surface area (Å²) in [6.45, 7) is 1.28. The average molecular weight is 321 g/mol. The van der Waals surface area contributed by atoms with Crippen LogP contribution in [0.25, 0.3) is 0 Å². The molecule has 1 atom stereocenters. The van der Waals surface area contributed by atoms with Crippen LogP contribution in [0.15, 0.2) is 47.2 Å². The van der Waals surface area contributed by atoms with Crippen LogP contribution in [-0.4, -0.2) is 31.6 Å². The number of thiophene rings is 1. The normalized spacial score (nSPS) is 19.9. The van der Waals surface area contributed by atoms with Gasteiger partial charge in [0.1, 0.15) is 0 Å². The van der Waals surface area contributed by atoms with Crippen LogP contribution in [0.1, 0.15) is 23.5 Å². The predicted molar refractivity (Wildman–Crippen MR) is 87.2 cm³/mol. The Hall–Kier alpha value is -1.17. The van der Waals surface area contributed by atoms with Gasteiger partial charge >= 0.3 is 0 Å². The van der Waals surface area contributed by atoms with Gasteiger partial charge in [0.15, 0.2) is 0 Å². The summed E-state index contributed by atoms with van der Waals surface area (Å²) < 4.78 is 26.6. The molecular weight excluding hydrogens is 302 g/mol. The third-order valence-electron chi connectivity index (χ3n) is 4.05. The maximum atomic E-state index is 12.4. The first kappa shape index (κ1) is 14.8. The molecule has 3 rings (SSSR count). The molecule has 0 N–H and O–H groups in total. The first-order valence-corrected chi connectivity index (χ1v) is 9.74. The Labute approximate surface area is 130 Å². The molecule has 2 heterocycles. The Morgan fingerprint density at radius 2 is 2.00 bits per heavy atom. The molecule has 0 spiro atoms. The highest BCUT2D eigenvalue weighted by Crippen LogP contribution is 2.30. The zero-order valence-electron chi connectivity index (χ0n) is 11.8. The maximum Gasteiger partial charge on any atom is 0.214 e. The standard InChI is InChI=1S/C16H19NO2S2/c18-21(19,11-8-14-4-2-1-3-5-14)17-9-6-15(12-17)16-7-10-20-13-16/h1-5,7,10,13,15H,6,8-9,11-12H2. The van der Waals surface area contributed by atoms with Gasteiger partial charge in [0.25, 0.3) is 0 Å². The SMILES string of the molecule is O=S(=O)(CCc1ccccc1)N1CCC(c2ccsc2)C1. The number of aryl methyl sites for hydroxylation is 1.